The van der Waals surface area contributed by atoms with Gasteiger partial charge in [0.2, 0.25) is 0 Å². The predicted octanol–water partition coefficient (Wildman–Crippen LogP) is 0.157. The Hall–Kier alpha value is -0.570. The van der Waals surface area contributed by atoms with Gasteiger partial charge in [0.15, 0.2) is 0 Å². The average Bonchev–Trinajstić information content (AvgIpc) is 2.86. The van der Waals surface area contributed by atoms with Crippen LogP contribution in [0.25, 0.3) is 0 Å². The molecule has 2 atom stereocenters. The highest BCUT2D eigenvalue weighted by Crippen LogP contribution is 2.72. The molecule has 0 heterocycles. The average molecular weight is 155 g/mol. The first-order valence-corrected chi connectivity index (χ1v) is 4.00. The first kappa shape index (κ1) is 7.10. The Morgan fingerprint density at radius 2 is 2.36 bits per heavy atom. The van der Waals surface area contributed by atoms with E-state index in [1.807, 2.05) is 7.05 Å². The van der Waals surface area contributed by atoms with Gasteiger partial charge in [-0.3, -0.25) is 4.79 Å². The van der Waals surface area contributed by atoms with Crippen LogP contribution >= 0.6 is 0 Å². The number of nitrogens with one attached hydrogen (secondary N) is 1. The highest BCUT2D eigenvalue weighted by atomic mass is 16.5. The van der Waals surface area contributed by atoms with Crippen molar-refractivity contribution in [2.45, 2.75) is 18.4 Å². The summed E-state index contributed by atoms with van der Waals surface area (Å²) in [6, 6.07) is 0. The summed E-state index contributed by atoms with van der Waals surface area (Å²) in [6.45, 7) is 0. The van der Waals surface area contributed by atoms with Crippen LogP contribution in [0.4, 0.5) is 0 Å². The van der Waals surface area contributed by atoms with Gasteiger partial charge < -0.3 is 10.1 Å². The van der Waals surface area contributed by atoms with Crippen molar-refractivity contribution >= 4 is 5.97 Å². The Morgan fingerprint density at radius 1 is 1.73 bits per heavy atom. The third-order valence-electron chi connectivity index (χ3n) is 3.13. The number of hydrogen-bond acceptors (Lipinski definition) is 3. The summed E-state index contributed by atoms with van der Waals surface area (Å²) in [7, 11) is 3.37. The largest absolute Gasteiger partial charge is 0.469 e. The molecule has 62 valence electrons. The third-order valence-corrected chi connectivity index (χ3v) is 3.13. The summed E-state index contributed by atoms with van der Waals surface area (Å²) in [6.07, 6.45) is 1.85. The molecule has 0 aromatic carbocycles. The SMILES string of the molecule is CNC1(CC(=O)OC)C2CC21. The number of fused-ring (bicyclic) bond motifs is 1. The highest BCUT2D eigenvalue weighted by molar-refractivity contribution is 5.72. The van der Waals surface area contributed by atoms with Crippen molar-refractivity contribution in [2.24, 2.45) is 11.8 Å². The Kier molecular flexibility index (Phi) is 1.27. The van der Waals surface area contributed by atoms with Crippen molar-refractivity contribution in [2.75, 3.05) is 14.2 Å². The summed E-state index contributed by atoms with van der Waals surface area (Å²) < 4.78 is 4.62. The minimum Gasteiger partial charge on any atom is -0.469 e. The van der Waals surface area contributed by atoms with E-state index in [1.165, 1.54) is 13.5 Å². The second-order valence-corrected chi connectivity index (χ2v) is 3.49. The second kappa shape index (κ2) is 1.97. The van der Waals surface area contributed by atoms with Gasteiger partial charge in [0.05, 0.1) is 13.5 Å². The van der Waals surface area contributed by atoms with E-state index in [-0.39, 0.29) is 11.5 Å². The Morgan fingerprint density at radius 3 is 2.64 bits per heavy atom. The Balaban J connectivity index is 1.90. The molecular weight excluding hydrogens is 142 g/mol. The molecule has 0 aliphatic heterocycles. The molecule has 2 unspecified atom stereocenters. The minimum atomic E-state index is -0.0912. The molecule has 2 saturated carbocycles. The van der Waals surface area contributed by atoms with Gasteiger partial charge in [-0.15, -0.1) is 0 Å². The van der Waals surface area contributed by atoms with Gasteiger partial charge in [-0.2, -0.15) is 0 Å². The van der Waals surface area contributed by atoms with Crippen LogP contribution in [-0.2, 0) is 9.53 Å². The lowest BCUT2D eigenvalue weighted by molar-refractivity contribution is -0.141. The van der Waals surface area contributed by atoms with Gasteiger partial charge in [-0.25, -0.2) is 0 Å². The van der Waals surface area contributed by atoms with Gasteiger partial charge in [-0.1, -0.05) is 0 Å². The number of methoxy groups -OCH3 is 1. The van der Waals surface area contributed by atoms with Crippen LogP contribution in [0.3, 0.4) is 0 Å². The predicted molar refractivity (Wildman–Crippen MR) is 40.0 cm³/mol. The molecule has 0 saturated heterocycles. The van der Waals surface area contributed by atoms with Crippen LogP contribution in [0.2, 0.25) is 0 Å². The standard InChI is InChI=1S/C8H13NO2/c1-9-8(4-7(10)11-2)5-3-6(5)8/h5-6,9H,3-4H2,1-2H3. The van der Waals surface area contributed by atoms with Crippen LogP contribution in [0.5, 0.6) is 0 Å². The molecule has 0 aromatic rings. The first-order valence-electron chi connectivity index (χ1n) is 4.00. The van der Waals surface area contributed by atoms with E-state index < -0.39 is 0 Å². The van der Waals surface area contributed by atoms with Crippen LogP contribution < -0.4 is 5.32 Å². The van der Waals surface area contributed by atoms with Gasteiger partial charge in [0, 0.05) is 5.54 Å². The fourth-order valence-electron chi connectivity index (χ4n) is 2.09. The summed E-state index contributed by atoms with van der Waals surface area (Å²) in [5.41, 5.74) is 0.146. The molecule has 3 heteroatoms. The molecule has 2 fully saturated rings. The quantitative estimate of drug-likeness (QED) is 0.590. The van der Waals surface area contributed by atoms with Crippen LogP contribution in [0, 0.1) is 11.8 Å². The van der Waals surface area contributed by atoms with Crippen molar-refractivity contribution in [1.82, 2.24) is 5.32 Å². The Bertz CT molecular complexity index is 194. The molecule has 1 N–H and O–H groups in total. The van der Waals surface area contributed by atoms with Crippen LogP contribution in [0.15, 0.2) is 0 Å². The van der Waals surface area contributed by atoms with Crippen LogP contribution in [-0.4, -0.2) is 25.7 Å². The number of carbonyl (C=O) groups is 1. The van der Waals surface area contributed by atoms with Gasteiger partial charge in [0.25, 0.3) is 0 Å². The van der Waals surface area contributed by atoms with E-state index in [2.05, 4.69) is 10.1 Å². The molecule has 0 amide bonds. The molecule has 2 aliphatic carbocycles. The number of carbonyl (C=O) groups excluding carboxylic acids is 1. The van der Waals surface area contributed by atoms with Crippen molar-refractivity contribution in [3.05, 3.63) is 0 Å². The van der Waals surface area contributed by atoms with Crippen LogP contribution in [0.1, 0.15) is 12.8 Å². The van der Waals surface area contributed by atoms with Gasteiger partial charge in [0.1, 0.15) is 0 Å². The van der Waals surface area contributed by atoms with Gasteiger partial charge >= 0.3 is 5.97 Å². The number of rotatable bonds is 3. The van der Waals surface area contributed by atoms with Gasteiger partial charge in [-0.05, 0) is 25.3 Å². The molecule has 11 heavy (non-hydrogen) atoms. The zero-order valence-corrected chi connectivity index (χ0v) is 6.89. The topological polar surface area (TPSA) is 38.3 Å². The Labute approximate surface area is 66.1 Å². The maximum Gasteiger partial charge on any atom is 0.307 e. The fraction of sp³-hybridized carbons (Fsp3) is 0.875. The number of esters is 1. The molecule has 2 rings (SSSR count). The first-order chi connectivity index (χ1) is 5.24. The number of hydrogen-bond donors (Lipinski definition) is 1. The summed E-state index contributed by atoms with van der Waals surface area (Å²) in [5.74, 6) is 1.45. The van der Waals surface area contributed by atoms with E-state index >= 15 is 0 Å². The maximum absolute atomic E-state index is 10.9. The van der Waals surface area contributed by atoms with E-state index in [0.29, 0.717) is 6.42 Å². The summed E-state index contributed by atoms with van der Waals surface area (Å²) in [4.78, 5) is 10.9. The molecule has 0 spiro atoms. The summed E-state index contributed by atoms with van der Waals surface area (Å²) >= 11 is 0. The highest BCUT2D eigenvalue weighted by Gasteiger charge is 2.76. The zero-order chi connectivity index (χ0) is 8.06. The van der Waals surface area contributed by atoms with Crippen molar-refractivity contribution < 1.29 is 9.53 Å². The minimum absolute atomic E-state index is 0.0912. The zero-order valence-electron chi connectivity index (χ0n) is 6.89. The molecule has 0 aromatic heterocycles. The monoisotopic (exact) mass is 155 g/mol. The fourth-order valence-corrected chi connectivity index (χ4v) is 2.09. The second-order valence-electron chi connectivity index (χ2n) is 3.49. The smallest absolute Gasteiger partial charge is 0.307 e. The van der Waals surface area contributed by atoms with Crippen molar-refractivity contribution in [1.29, 1.82) is 0 Å². The molecular formula is C8H13NO2. The van der Waals surface area contributed by atoms with Crippen molar-refractivity contribution in [3.8, 4) is 0 Å². The van der Waals surface area contributed by atoms with E-state index in [1.54, 1.807) is 0 Å². The molecule has 0 radical (unpaired) electrons. The number of ether oxygens (including phenoxy) is 1. The molecule has 2 aliphatic rings. The van der Waals surface area contributed by atoms with E-state index in [0.717, 1.165) is 11.8 Å². The normalized spacial score (nSPS) is 44.5. The van der Waals surface area contributed by atoms with E-state index in [9.17, 15) is 4.79 Å². The lowest BCUT2D eigenvalue weighted by atomic mass is 10.0. The van der Waals surface area contributed by atoms with Crippen molar-refractivity contribution in [3.63, 3.8) is 0 Å². The lowest BCUT2D eigenvalue weighted by Gasteiger charge is -2.19. The maximum atomic E-state index is 10.9. The lowest BCUT2D eigenvalue weighted by Crippen LogP contribution is -2.37. The molecule has 3 nitrogen and oxygen atoms in total. The third kappa shape index (κ3) is 0.805. The van der Waals surface area contributed by atoms with E-state index in [4.69, 9.17) is 0 Å². The molecule has 0 bridgehead atoms. The summed E-state index contributed by atoms with van der Waals surface area (Å²) in [5, 5.41) is 3.22.